The first-order chi connectivity index (χ1) is 7.61. The SMILES string of the molecule is Cc1ncsc1C(=O)N1CCC[C@@H]1C(=O)O. The molecule has 1 fully saturated rings. The zero-order valence-corrected chi connectivity index (χ0v) is 9.66. The van der Waals surface area contributed by atoms with Crippen LogP contribution in [0.25, 0.3) is 0 Å². The van der Waals surface area contributed by atoms with Crippen LogP contribution >= 0.6 is 11.3 Å². The van der Waals surface area contributed by atoms with E-state index in [4.69, 9.17) is 5.11 Å². The molecule has 1 amide bonds. The number of nitrogens with zero attached hydrogens (tertiary/aromatic N) is 2. The molecule has 0 aliphatic carbocycles. The number of thiazole rings is 1. The second-order valence-corrected chi connectivity index (χ2v) is 4.62. The van der Waals surface area contributed by atoms with Crippen LogP contribution in [0.1, 0.15) is 28.2 Å². The number of aliphatic carboxylic acids is 1. The number of rotatable bonds is 2. The smallest absolute Gasteiger partial charge is 0.326 e. The fourth-order valence-corrected chi connectivity index (χ4v) is 2.66. The van der Waals surface area contributed by atoms with Crippen LogP contribution in [0.3, 0.4) is 0 Å². The van der Waals surface area contributed by atoms with Crippen molar-refractivity contribution >= 4 is 23.2 Å². The van der Waals surface area contributed by atoms with Gasteiger partial charge in [0.05, 0.1) is 11.2 Å². The second kappa shape index (κ2) is 4.21. The minimum absolute atomic E-state index is 0.204. The lowest BCUT2D eigenvalue weighted by atomic mass is 10.2. The molecule has 0 aromatic carbocycles. The quantitative estimate of drug-likeness (QED) is 0.841. The van der Waals surface area contributed by atoms with Gasteiger partial charge in [0.1, 0.15) is 10.9 Å². The highest BCUT2D eigenvalue weighted by molar-refractivity contribution is 7.11. The van der Waals surface area contributed by atoms with E-state index in [1.807, 2.05) is 0 Å². The van der Waals surface area contributed by atoms with E-state index >= 15 is 0 Å². The van der Waals surface area contributed by atoms with Crippen LogP contribution in [0.2, 0.25) is 0 Å². The van der Waals surface area contributed by atoms with Crippen molar-refractivity contribution in [1.29, 1.82) is 0 Å². The number of carboxylic acid groups (broad SMARTS) is 1. The van der Waals surface area contributed by atoms with E-state index in [2.05, 4.69) is 4.98 Å². The highest BCUT2D eigenvalue weighted by atomic mass is 32.1. The first kappa shape index (κ1) is 11.1. The van der Waals surface area contributed by atoms with Gasteiger partial charge in [0.25, 0.3) is 5.91 Å². The monoisotopic (exact) mass is 240 g/mol. The van der Waals surface area contributed by atoms with Crippen molar-refractivity contribution in [3.05, 3.63) is 16.1 Å². The molecule has 0 unspecified atom stereocenters. The maximum absolute atomic E-state index is 12.1. The van der Waals surface area contributed by atoms with Crippen molar-refractivity contribution in [3.8, 4) is 0 Å². The first-order valence-corrected chi connectivity index (χ1v) is 5.93. The molecule has 0 bridgehead atoms. The standard InChI is InChI=1S/C10H12N2O3S/c1-6-8(16-5-11-6)9(13)12-4-2-3-7(12)10(14)15/h5,7H,2-4H2,1H3,(H,14,15)/t7-/m1/s1. The van der Waals surface area contributed by atoms with E-state index in [-0.39, 0.29) is 5.91 Å². The summed E-state index contributed by atoms with van der Waals surface area (Å²) in [5.74, 6) is -1.13. The Balaban J connectivity index is 2.22. The van der Waals surface area contributed by atoms with Gasteiger partial charge in [-0.15, -0.1) is 11.3 Å². The fraction of sp³-hybridized carbons (Fsp3) is 0.500. The molecule has 86 valence electrons. The predicted octanol–water partition coefficient (Wildman–Crippen LogP) is 1.14. The number of hydrogen-bond donors (Lipinski definition) is 1. The lowest BCUT2D eigenvalue weighted by Crippen LogP contribution is -2.40. The molecule has 1 N–H and O–H groups in total. The number of aromatic nitrogens is 1. The molecule has 0 radical (unpaired) electrons. The number of carbonyl (C=O) groups excluding carboxylic acids is 1. The number of carboxylic acids is 1. The summed E-state index contributed by atoms with van der Waals surface area (Å²) in [5, 5.41) is 8.99. The number of aryl methyl sites for hydroxylation is 1. The van der Waals surface area contributed by atoms with Crippen molar-refractivity contribution in [1.82, 2.24) is 9.88 Å². The Bertz CT molecular complexity index is 429. The highest BCUT2D eigenvalue weighted by Gasteiger charge is 2.35. The summed E-state index contributed by atoms with van der Waals surface area (Å²) in [7, 11) is 0. The summed E-state index contributed by atoms with van der Waals surface area (Å²) in [6.07, 6.45) is 1.29. The molecule has 0 saturated carbocycles. The van der Waals surface area contributed by atoms with Crippen LogP contribution in [0.5, 0.6) is 0 Å². The van der Waals surface area contributed by atoms with Crippen LogP contribution in [0.4, 0.5) is 0 Å². The average Bonchev–Trinajstić information content (AvgIpc) is 2.84. The Morgan fingerprint density at radius 3 is 2.94 bits per heavy atom. The molecular weight excluding hydrogens is 228 g/mol. The summed E-state index contributed by atoms with van der Waals surface area (Å²) in [6.45, 7) is 2.28. The van der Waals surface area contributed by atoms with Gasteiger partial charge in [-0.25, -0.2) is 9.78 Å². The third kappa shape index (κ3) is 1.80. The molecule has 5 nitrogen and oxygen atoms in total. The normalized spacial score (nSPS) is 20.1. The average molecular weight is 240 g/mol. The predicted molar refractivity (Wildman–Crippen MR) is 58.5 cm³/mol. The number of likely N-dealkylation sites (tertiary alicyclic amines) is 1. The van der Waals surface area contributed by atoms with Crippen LogP contribution in [-0.2, 0) is 4.79 Å². The number of hydrogen-bond acceptors (Lipinski definition) is 4. The lowest BCUT2D eigenvalue weighted by molar-refractivity contribution is -0.141. The summed E-state index contributed by atoms with van der Waals surface area (Å²) in [6, 6.07) is -0.672. The van der Waals surface area contributed by atoms with E-state index in [1.165, 1.54) is 16.2 Å². The van der Waals surface area contributed by atoms with Crippen molar-refractivity contribution in [2.75, 3.05) is 6.54 Å². The van der Waals surface area contributed by atoms with E-state index in [0.717, 1.165) is 6.42 Å². The van der Waals surface area contributed by atoms with Gasteiger partial charge in [-0.3, -0.25) is 4.79 Å². The second-order valence-electron chi connectivity index (χ2n) is 3.76. The Labute approximate surface area is 96.7 Å². The van der Waals surface area contributed by atoms with Crippen molar-refractivity contribution in [2.24, 2.45) is 0 Å². The largest absolute Gasteiger partial charge is 0.480 e. The Morgan fingerprint density at radius 2 is 2.38 bits per heavy atom. The molecule has 2 rings (SSSR count). The van der Waals surface area contributed by atoms with Crippen LogP contribution in [0, 0.1) is 6.92 Å². The topological polar surface area (TPSA) is 70.5 Å². The maximum atomic E-state index is 12.1. The van der Waals surface area contributed by atoms with Gasteiger partial charge in [0.15, 0.2) is 0 Å². The summed E-state index contributed by atoms with van der Waals surface area (Å²) in [4.78, 5) is 29.0. The van der Waals surface area contributed by atoms with Crippen molar-refractivity contribution in [3.63, 3.8) is 0 Å². The molecule has 6 heteroatoms. The van der Waals surface area contributed by atoms with E-state index < -0.39 is 12.0 Å². The Kier molecular flexibility index (Phi) is 2.91. The van der Waals surface area contributed by atoms with Gasteiger partial charge in [-0.05, 0) is 19.8 Å². The van der Waals surface area contributed by atoms with Gasteiger partial charge in [-0.1, -0.05) is 0 Å². The zero-order chi connectivity index (χ0) is 11.7. The summed E-state index contributed by atoms with van der Waals surface area (Å²) < 4.78 is 0. The van der Waals surface area contributed by atoms with E-state index in [0.29, 0.717) is 23.5 Å². The van der Waals surface area contributed by atoms with Gasteiger partial charge >= 0.3 is 5.97 Å². The third-order valence-corrected chi connectivity index (χ3v) is 3.66. The Morgan fingerprint density at radius 1 is 1.62 bits per heavy atom. The van der Waals surface area contributed by atoms with E-state index in [9.17, 15) is 9.59 Å². The molecule has 1 saturated heterocycles. The molecule has 16 heavy (non-hydrogen) atoms. The van der Waals surface area contributed by atoms with Crippen molar-refractivity contribution in [2.45, 2.75) is 25.8 Å². The molecule has 1 aromatic rings. The first-order valence-electron chi connectivity index (χ1n) is 5.05. The summed E-state index contributed by atoms with van der Waals surface area (Å²) >= 11 is 1.26. The number of carbonyl (C=O) groups is 2. The molecule has 0 spiro atoms. The van der Waals surface area contributed by atoms with Gasteiger partial charge in [0, 0.05) is 6.54 Å². The van der Waals surface area contributed by atoms with Crippen LogP contribution < -0.4 is 0 Å². The van der Waals surface area contributed by atoms with Crippen LogP contribution in [0.15, 0.2) is 5.51 Å². The lowest BCUT2D eigenvalue weighted by Gasteiger charge is -2.20. The molecular formula is C10H12N2O3S. The number of amides is 1. The molecule has 1 aliphatic rings. The van der Waals surface area contributed by atoms with Gasteiger partial charge < -0.3 is 10.0 Å². The minimum atomic E-state index is -0.923. The third-order valence-electron chi connectivity index (χ3n) is 2.74. The minimum Gasteiger partial charge on any atom is -0.480 e. The highest BCUT2D eigenvalue weighted by Crippen LogP contribution is 2.23. The summed E-state index contributed by atoms with van der Waals surface area (Å²) in [5.41, 5.74) is 2.28. The molecule has 1 aromatic heterocycles. The van der Waals surface area contributed by atoms with E-state index in [1.54, 1.807) is 12.4 Å². The molecule has 2 heterocycles. The Hall–Kier alpha value is -1.43. The van der Waals surface area contributed by atoms with Crippen LogP contribution in [-0.4, -0.2) is 39.5 Å². The molecule has 1 aliphatic heterocycles. The maximum Gasteiger partial charge on any atom is 0.326 e. The molecule has 1 atom stereocenters. The van der Waals surface area contributed by atoms with Gasteiger partial charge in [0.2, 0.25) is 0 Å². The zero-order valence-electron chi connectivity index (χ0n) is 8.84. The fourth-order valence-electron chi connectivity index (χ4n) is 1.90. The van der Waals surface area contributed by atoms with Crippen molar-refractivity contribution < 1.29 is 14.7 Å². The van der Waals surface area contributed by atoms with Gasteiger partial charge in [-0.2, -0.15) is 0 Å².